The van der Waals surface area contributed by atoms with Crippen molar-refractivity contribution in [3.63, 3.8) is 0 Å². The first-order valence-corrected chi connectivity index (χ1v) is 5.98. The van der Waals surface area contributed by atoms with Gasteiger partial charge in [-0.05, 0) is 17.7 Å². The minimum Gasteiger partial charge on any atom is -0.384 e. The van der Waals surface area contributed by atoms with Crippen LogP contribution in [0.1, 0.15) is 17.5 Å². The molecule has 96 valence electrons. The topological polar surface area (TPSA) is 76.8 Å². The molecule has 0 saturated carbocycles. The van der Waals surface area contributed by atoms with Crippen LogP contribution in [0.25, 0.3) is 11.2 Å². The molecule has 0 aliphatic rings. The van der Waals surface area contributed by atoms with Crippen molar-refractivity contribution in [3.8, 4) is 0 Å². The van der Waals surface area contributed by atoms with Crippen LogP contribution in [-0.4, -0.2) is 22.1 Å². The number of nitrogen functional groups attached to an aromatic ring is 1. The quantitative estimate of drug-likeness (QED) is 0.751. The first kappa shape index (κ1) is 11.7. The molecule has 3 N–H and O–H groups in total. The molecule has 5 heteroatoms. The molecule has 2 heterocycles. The molecule has 0 spiro atoms. The lowest BCUT2D eigenvalue weighted by Gasteiger charge is -2.12. The number of aromatic nitrogens is 3. The molecule has 0 bridgehead atoms. The van der Waals surface area contributed by atoms with Gasteiger partial charge in [-0.3, -0.25) is 0 Å². The van der Waals surface area contributed by atoms with E-state index >= 15 is 0 Å². The van der Waals surface area contributed by atoms with E-state index < -0.39 is 0 Å². The summed E-state index contributed by atoms with van der Waals surface area (Å²) in [5, 5.41) is 0. The molecule has 1 aromatic carbocycles. The lowest BCUT2D eigenvalue weighted by molar-refractivity contribution is 0.130. The average Bonchev–Trinajstić information content (AvgIpc) is 2.83. The minimum atomic E-state index is -0.239. The van der Waals surface area contributed by atoms with Gasteiger partial charge in [-0.1, -0.05) is 30.3 Å². The number of nitrogens with one attached hydrogen (secondary N) is 1. The van der Waals surface area contributed by atoms with Crippen LogP contribution in [0.4, 0.5) is 5.82 Å². The molecule has 1 atom stereocenters. The number of hydrogen-bond acceptors (Lipinski definition) is 4. The zero-order valence-corrected chi connectivity index (χ0v) is 10.5. The summed E-state index contributed by atoms with van der Waals surface area (Å²) >= 11 is 0. The molecule has 19 heavy (non-hydrogen) atoms. The van der Waals surface area contributed by atoms with Crippen molar-refractivity contribution in [3.05, 3.63) is 53.9 Å². The first-order chi connectivity index (χ1) is 9.28. The van der Waals surface area contributed by atoms with E-state index in [-0.39, 0.29) is 6.10 Å². The number of pyridine rings is 1. The van der Waals surface area contributed by atoms with E-state index in [4.69, 9.17) is 10.5 Å². The number of H-pyrrole nitrogens is 1. The van der Waals surface area contributed by atoms with Crippen LogP contribution in [0.3, 0.4) is 0 Å². The summed E-state index contributed by atoms with van der Waals surface area (Å²) < 4.78 is 5.53. The Morgan fingerprint density at radius 1 is 1.11 bits per heavy atom. The van der Waals surface area contributed by atoms with E-state index in [0.29, 0.717) is 11.5 Å². The highest BCUT2D eigenvalue weighted by molar-refractivity contribution is 5.72. The van der Waals surface area contributed by atoms with Crippen molar-refractivity contribution in [2.24, 2.45) is 0 Å². The standard InChI is InChI=1S/C14H14N4O/c1-19-12(9-5-3-2-4-6-9)14-16-10-7-8-11(15)17-13(10)18-14/h2-8,12H,1H3,(H3,15,16,17,18). The van der Waals surface area contributed by atoms with Crippen molar-refractivity contribution < 1.29 is 4.74 Å². The predicted octanol–water partition coefficient (Wildman–Crippen LogP) is 2.28. The van der Waals surface area contributed by atoms with Crippen LogP contribution < -0.4 is 5.73 Å². The minimum absolute atomic E-state index is 0.239. The second-order valence-electron chi connectivity index (χ2n) is 4.26. The largest absolute Gasteiger partial charge is 0.384 e. The summed E-state index contributed by atoms with van der Waals surface area (Å²) in [6.45, 7) is 0. The molecular weight excluding hydrogens is 240 g/mol. The number of rotatable bonds is 3. The highest BCUT2D eigenvalue weighted by Gasteiger charge is 2.17. The third-order valence-electron chi connectivity index (χ3n) is 2.97. The van der Waals surface area contributed by atoms with Crippen LogP contribution in [-0.2, 0) is 4.74 Å². The molecule has 2 aromatic heterocycles. The number of ether oxygens (including phenoxy) is 1. The fourth-order valence-corrected chi connectivity index (χ4v) is 2.08. The fraction of sp³-hybridized carbons (Fsp3) is 0.143. The zero-order chi connectivity index (χ0) is 13.2. The van der Waals surface area contributed by atoms with E-state index in [1.54, 1.807) is 13.2 Å². The molecule has 0 saturated heterocycles. The fourth-order valence-electron chi connectivity index (χ4n) is 2.08. The third kappa shape index (κ3) is 2.15. The molecule has 0 radical (unpaired) electrons. The second-order valence-corrected chi connectivity index (χ2v) is 4.26. The normalized spacial score (nSPS) is 12.7. The van der Waals surface area contributed by atoms with Crippen molar-refractivity contribution >= 4 is 17.0 Å². The van der Waals surface area contributed by atoms with Crippen molar-refractivity contribution in [2.45, 2.75) is 6.10 Å². The number of nitrogens with zero attached hydrogens (tertiary/aromatic N) is 2. The summed E-state index contributed by atoms with van der Waals surface area (Å²) in [5.74, 6) is 1.18. The van der Waals surface area contributed by atoms with Crippen LogP contribution in [0, 0.1) is 0 Å². The molecule has 0 fully saturated rings. The monoisotopic (exact) mass is 254 g/mol. The van der Waals surface area contributed by atoms with E-state index in [1.165, 1.54) is 0 Å². The highest BCUT2D eigenvalue weighted by Crippen LogP contribution is 2.24. The summed E-state index contributed by atoms with van der Waals surface area (Å²) in [4.78, 5) is 11.9. The molecule has 3 aromatic rings. The Labute approximate surface area is 110 Å². The molecule has 0 aliphatic carbocycles. The smallest absolute Gasteiger partial charge is 0.179 e. The van der Waals surface area contributed by atoms with Crippen LogP contribution in [0.15, 0.2) is 42.5 Å². The van der Waals surface area contributed by atoms with Crippen LogP contribution in [0.5, 0.6) is 0 Å². The van der Waals surface area contributed by atoms with Gasteiger partial charge in [0.1, 0.15) is 17.7 Å². The van der Waals surface area contributed by atoms with Gasteiger partial charge in [0, 0.05) is 7.11 Å². The van der Waals surface area contributed by atoms with E-state index in [9.17, 15) is 0 Å². The number of hydrogen-bond donors (Lipinski definition) is 2. The molecule has 3 rings (SSSR count). The van der Waals surface area contributed by atoms with Gasteiger partial charge in [0.25, 0.3) is 0 Å². The van der Waals surface area contributed by atoms with Crippen LogP contribution in [0.2, 0.25) is 0 Å². The molecule has 0 amide bonds. The summed E-state index contributed by atoms with van der Waals surface area (Å²) in [6.07, 6.45) is -0.239. The third-order valence-corrected chi connectivity index (χ3v) is 2.97. The Kier molecular flexibility index (Phi) is 2.89. The lowest BCUT2D eigenvalue weighted by Crippen LogP contribution is -2.05. The van der Waals surface area contributed by atoms with E-state index in [2.05, 4.69) is 15.0 Å². The van der Waals surface area contributed by atoms with Gasteiger partial charge in [-0.15, -0.1) is 0 Å². The molecule has 1 unspecified atom stereocenters. The van der Waals surface area contributed by atoms with Crippen LogP contribution >= 0.6 is 0 Å². The van der Waals surface area contributed by atoms with Crippen molar-refractivity contribution in [2.75, 3.05) is 12.8 Å². The average molecular weight is 254 g/mol. The Balaban J connectivity index is 2.07. The summed E-state index contributed by atoms with van der Waals surface area (Å²) in [5.41, 5.74) is 8.15. The van der Waals surface area contributed by atoms with E-state index in [0.717, 1.165) is 16.9 Å². The number of fused-ring (bicyclic) bond motifs is 1. The molecule has 5 nitrogen and oxygen atoms in total. The van der Waals surface area contributed by atoms with Gasteiger partial charge < -0.3 is 15.5 Å². The SMILES string of the molecule is COC(c1ccccc1)c1nc2nc(N)ccc2[nH]1. The number of nitrogens with two attached hydrogens (primary N) is 1. The first-order valence-electron chi connectivity index (χ1n) is 5.98. The van der Waals surface area contributed by atoms with Gasteiger partial charge in [0.05, 0.1) is 5.52 Å². The maximum absolute atomic E-state index is 5.66. The molecular formula is C14H14N4O. The Bertz CT molecular complexity index is 693. The summed E-state index contributed by atoms with van der Waals surface area (Å²) in [7, 11) is 1.66. The Hall–Kier alpha value is -2.40. The van der Waals surface area contributed by atoms with Gasteiger partial charge in [0.15, 0.2) is 5.65 Å². The van der Waals surface area contributed by atoms with Gasteiger partial charge in [0.2, 0.25) is 0 Å². The lowest BCUT2D eigenvalue weighted by atomic mass is 10.1. The second kappa shape index (κ2) is 4.70. The van der Waals surface area contributed by atoms with Gasteiger partial charge in [-0.2, -0.15) is 0 Å². The number of anilines is 1. The Morgan fingerprint density at radius 2 is 1.89 bits per heavy atom. The summed E-state index contributed by atoms with van der Waals surface area (Å²) in [6, 6.07) is 13.5. The number of aromatic amines is 1. The van der Waals surface area contributed by atoms with E-state index in [1.807, 2.05) is 36.4 Å². The maximum Gasteiger partial charge on any atom is 0.179 e. The zero-order valence-electron chi connectivity index (χ0n) is 10.5. The number of methoxy groups -OCH3 is 1. The van der Waals surface area contributed by atoms with Gasteiger partial charge >= 0.3 is 0 Å². The number of imidazole rings is 1. The Morgan fingerprint density at radius 3 is 2.63 bits per heavy atom. The number of benzene rings is 1. The van der Waals surface area contributed by atoms with Gasteiger partial charge in [-0.25, -0.2) is 9.97 Å². The highest BCUT2D eigenvalue weighted by atomic mass is 16.5. The van der Waals surface area contributed by atoms with Crippen molar-refractivity contribution in [1.29, 1.82) is 0 Å². The predicted molar refractivity (Wildman–Crippen MR) is 73.6 cm³/mol. The molecule has 0 aliphatic heterocycles. The maximum atomic E-state index is 5.66. The van der Waals surface area contributed by atoms with Crippen molar-refractivity contribution in [1.82, 2.24) is 15.0 Å².